The summed E-state index contributed by atoms with van der Waals surface area (Å²) in [6.07, 6.45) is 8.89. The molecule has 0 aromatic carbocycles. The SMILES string of the molecule is CC(C)NCc1ccn(C2CCCCC2)n1. The lowest BCUT2D eigenvalue weighted by Crippen LogP contribution is -2.22. The molecule has 0 radical (unpaired) electrons. The molecule has 0 saturated heterocycles. The van der Waals surface area contributed by atoms with Gasteiger partial charge in [-0.2, -0.15) is 5.10 Å². The van der Waals surface area contributed by atoms with E-state index in [2.05, 4.69) is 41.2 Å². The minimum atomic E-state index is 0.528. The summed E-state index contributed by atoms with van der Waals surface area (Å²) >= 11 is 0. The Bertz CT molecular complexity index is 311. The highest BCUT2D eigenvalue weighted by Gasteiger charge is 2.15. The van der Waals surface area contributed by atoms with Crippen molar-refractivity contribution in [2.75, 3.05) is 0 Å². The molecular formula is C13H23N3. The quantitative estimate of drug-likeness (QED) is 0.847. The van der Waals surface area contributed by atoms with E-state index in [0.29, 0.717) is 12.1 Å². The Morgan fingerprint density at radius 1 is 1.38 bits per heavy atom. The van der Waals surface area contributed by atoms with Crippen LogP contribution < -0.4 is 5.32 Å². The maximum absolute atomic E-state index is 4.66. The predicted molar refractivity (Wildman–Crippen MR) is 66.3 cm³/mol. The van der Waals surface area contributed by atoms with E-state index in [1.165, 1.54) is 37.8 Å². The van der Waals surface area contributed by atoms with Crippen LogP contribution in [-0.4, -0.2) is 15.8 Å². The predicted octanol–water partition coefficient (Wildman–Crippen LogP) is 2.89. The minimum Gasteiger partial charge on any atom is -0.309 e. The summed E-state index contributed by atoms with van der Waals surface area (Å²) in [5.41, 5.74) is 1.17. The molecule has 0 atom stereocenters. The minimum absolute atomic E-state index is 0.528. The van der Waals surface area contributed by atoms with Gasteiger partial charge in [-0.15, -0.1) is 0 Å². The van der Waals surface area contributed by atoms with Gasteiger partial charge in [0.05, 0.1) is 11.7 Å². The van der Waals surface area contributed by atoms with Crippen LogP contribution in [0.1, 0.15) is 57.7 Å². The lowest BCUT2D eigenvalue weighted by atomic mass is 9.96. The molecule has 3 heteroatoms. The molecule has 1 aliphatic rings. The molecule has 1 aromatic rings. The van der Waals surface area contributed by atoms with E-state index >= 15 is 0 Å². The van der Waals surface area contributed by atoms with Crippen LogP contribution in [0.15, 0.2) is 12.3 Å². The lowest BCUT2D eigenvalue weighted by molar-refractivity contribution is 0.327. The van der Waals surface area contributed by atoms with Crippen LogP contribution in [0.25, 0.3) is 0 Å². The van der Waals surface area contributed by atoms with Crippen molar-refractivity contribution in [1.29, 1.82) is 0 Å². The first-order chi connectivity index (χ1) is 7.75. The second-order valence-electron chi connectivity index (χ2n) is 5.11. The summed E-state index contributed by atoms with van der Waals surface area (Å²) in [4.78, 5) is 0. The van der Waals surface area contributed by atoms with Gasteiger partial charge in [0.1, 0.15) is 0 Å². The van der Waals surface area contributed by atoms with Gasteiger partial charge in [-0.3, -0.25) is 4.68 Å². The summed E-state index contributed by atoms with van der Waals surface area (Å²) in [7, 11) is 0. The number of aromatic nitrogens is 2. The third-order valence-corrected chi connectivity index (χ3v) is 3.30. The largest absolute Gasteiger partial charge is 0.309 e. The summed E-state index contributed by atoms with van der Waals surface area (Å²) in [6, 6.07) is 3.32. The second-order valence-corrected chi connectivity index (χ2v) is 5.11. The molecule has 1 aromatic heterocycles. The molecule has 0 aliphatic heterocycles. The van der Waals surface area contributed by atoms with Crippen molar-refractivity contribution in [2.45, 2.75) is 64.6 Å². The van der Waals surface area contributed by atoms with Crippen molar-refractivity contribution in [3.8, 4) is 0 Å². The fourth-order valence-corrected chi connectivity index (χ4v) is 2.33. The number of nitrogens with zero attached hydrogens (tertiary/aromatic N) is 2. The summed E-state index contributed by atoms with van der Waals surface area (Å²) in [5.74, 6) is 0. The maximum atomic E-state index is 4.66. The van der Waals surface area contributed by atoms with Gasteiger partial charge in [-0.05, 0) is 18.9 Å². The van der Waals surface area contributed by atoms with Crippen molar-refractivity contribution < 1.29 is 0 Å². The zero-order valence-electron chi connectivity index (χ0n) is 10.4. The molecular weight excluding hydrogens is 198 g/mol. The third-order valence-electron chi connectivity index (χ3n) is 3.30. The van der Waals surface area contributed by atoms with Crippen LogP contribution in [0, 0.1) is 0 Å². The molecule has 0 amide bonds. The first kappa shape index (κ1) is 11.6. The fraction of sp³-hybridized carbons (Fsp3) is 0.769. The van der Waals surface area contributed by atoms with Gasteiger partial charge >= 0.3 is 0 Å². The molecule has 0 unspecified atom stereocenters. The highest BCUT2D eigenvalue weighted by molar-refractivity contribution is 4.99. The lowest BCUT2D eigenvalue weighted by Gasteiger charge is -2.21. The molecule has 90 valence electrons. The molecule has 1 fully saturated rings. The molecule has 1 heterocycles. The Morgan fingerprint density at radius 3 is 2.81 bits per heavy atom. The van der Waals surface area contributed by atoms with E-state index in [4.69, 9.17) is 0 Å². The number of nitrogens with one attached hydrogen (secondary N) is 1. The molecule has 16 heavy (non-hydrogen) atoms. The Balaban J connectivity index is 1.90. The van der Waals surface area contributed by atoms with Gasteiger partial charge < -0.3 is 5.32 Å². The normalized spacial score (nSPS) is 18.2. The molecule has 1 N–H and O–H groups in total. The average Bonchev–Trinajstić information content (AvgIpc) is 2.76. The van der Waals surface area contributed by atoms with Crippen molar-refractivity contribution in [3.05, 3.63) is 18.0 Å². The van der Waals surface area contributed by atoms with Crippen LogP contribution >= 0.6 is 0 Å². The topological polar surface area (TPSA) is 29.9 Å². The Morgan fingerprint density at radius 2 is 2.12 bits per heavy atom. The van der Waals surface area contributed by atoms with Crippen LogP contribution in [0.2, 0.25) is 0 Å². The molecule has 2 rings (SSSR count). The maximum Gasteiger partial charge on any atom is 0.0762 e. The summed E-state index contributed by atoms with van der Waals surface area (Å²) in [6.45, 7) is 5.22. The summed E-state index contributed by atoms with van der Waals surface area (Å²) < 4.78 is 2.18. The first-order valence-electron chi connectivity index (χ1n) is 6.53. The van der Waals surface area contributed by atoms with Crippen molar-refractivity contribution in [3.63, 3.8) is 0 Å². The van der Waals surface area contributed by atoms with E-state index in [1.54, 1.807) is 0 Å². The van der Waals surface area contributed by atoms with E-state index < -0.39 is 0 Å². The van der Waals surface area contributed by atoms with Gasteiger partial charge in [-0.1, -0.05) is 33.1 Å². The average molecular weight is 221 g/mol. The number of hydrogen-bond donors (Lipinski definition) is 1. The van der Waals surface area contributed by atoms with Crippen LogP contribution in [0.5, 0.6) is 0 Å². The number of rotatable bonds is 4. The molecule has 1 aliphatic carbocycles. The smallest absolute Gasteiger partial charge is 0.0762 e. The Hall–Kier alpha value is -0.830. The summed E-state index contributed by atoms with van der Waals surface area (Å²) in [5, 5.41) is 8.06. The molecule has 0 bridgehead atoms. The fourth-order valence-electron chi connectivity index (χ4n) is 2.33. The van der Waals surface area contributed by atoms with Crippen LogP contribution in [0.3, 0.4) is 0 Å². The molecule has 0 spiro atoms. The van der Waals surface area contributed by atoms with Crippen LogP contribution in [-0.2, 0) is 6.54 Å². The van der Waals surface area contributed by atoms with E-state index in [0.717, 1.165) is 6.54 Å². The Kier molecular flexibility index (Phi) is 3.99. The van der Waals surface area contributed by atoms with E-state index in [9.17, 15) is 0 Å². The second kappa shape index (κ2) is 5.48. The molecule has 1 saturated carbocycles. The highest BCUT2D eigenvalue weighted by atomic mass is 15.3. The van der Waals surface area contributed by atoms with E-state index in [1.807, 2.05) is 0 Å². The van der Waals surface area contributed by atoms with Crippen LogP contribution in [0.4, 0.5) is 0 Å². The van der Waals surface area contributed by atoms with Gasteiger partial charge in [-0.25, -0.2) is 0 Å². The van der Waals surface area contributed by atoms with Gasteiger partial charge in [0, 0.05) is 18.8 Å². The van der Waals surface area contributed by atoms with Crippen molar-refractivity contribution >= 4 is 0 Å². The highest BCUT2D eigenvalue weighted by Crippen LogP contribution is 2.27. The van der Waals surface area contributed by atoms with Crippen molar-refractivity contribution in [2.24, 2.45) is 0 Å². The molecule has 3 nitrogen and oxygen atoms in total. The third kappa shape index (κ3) is 3.08. The standard InChI is InChI=1S/C13H23N3/c1-11(2)14-10-12-8-9-16(15-12)13-6-4-3-5-7-13/h8-9,11,13-14H,3-7,10H2,1-2H3. The van der Waals surface area contributed by atoms with Gasteiger partial charge in [0.2, 0.25) is 0 Å². The van der Waals surface area contributed by atoms with Gasteiger partial charge in [0.15, 0.2) is 0 Å². The number of hydrogen-bond acceptors (Lipinski definition) is 2. The zero-order valence-corrected chi connectivity index (χ0v) is 10.4. The van der Waals surface area contributed by atoms with Crippen molar-refractivity contribution in [1.82, 2.24) is 15.1 Å². The first-order valence-corrected chi connectivity index (χ1v) is 6.53. The monoisotopic (exact) mass is 221 g/mol. The van der Waals surface area contributed by atoms with Gasteiger partial charge in [0.25, 0.3) is 0 Å². The van der Waals surface area contributed by atoms with E-state index in [-0.39, 0.29) is 0 Å². The Labute approximate surface area is 98.2 Å². The zero-order chi connectivity index (χ0) is 11.4.